The molecule has 3 rings (SSSR count). The molecule has 0 spiro atoms. The lowest BCUT2D eigenvalue weighted by Crippen LogP contribution is -2.42. The van der Waals surface area contributed by atoms with Crippen molar-refractivity contribution in [1.29, 1.82) is 0 Å². The number of aryl methyl sites for hydroxylation is 2. The number of nitrogens with zero attached hydrogens (tertiary/aromatic N) is 3. The topological polar surface area (TPSA) is 59.1 Å². The van der Waals surface area contributed by atoms with E-state index in [9.17, 15) is 4.39 Å². The molecule has 6 heteroatoms. The van der Waals surface area contributed by atoms with Crippen LogP contribution in [0, 0.1) is 12.7 Å². The van der Waals surface area contributed by atoms with Crippen molar-refractivity contribution >= 4 is 11.5 Å². The lowest BCUT2D eigenvalue weighted by Gasteiger charge is -2.35. The number of halogens is 1. The third-order valence-electron chi connectivity index (χ3n) is 4.52. The van der Waals surface area contributed by atoms with Crippen molar-refractivity contribution < 1.29 is 4.39 Å². The van der Waals surface area contributed by atoms with Gasteiger partial charge in [-0.25, -0.2) is 4.39 Å². The van der Waals surface area contributed by atoms with E-state index in [2.05, 4.69) is 15.3 Å². The molecule has 124 valence electrons. The van der Waals surface area contributed by atoms with Crippen LogP contribution in [0.4, 0.5) is 15.9 Å². The standard InChI is InChI=1S/C17H24FN5/c1-12-4-3-5-15(18)16(12)23-8-6-14(7-9-23)20-10-13-11-22(2)21-17(13)19/h3-5,11,14,20H,6-10H2,1-2H3,(H2,19,21). The van der Waals surface area contributed by atoms with Crippen LogP contribution < -0.4 is 16.0 Å². The van der Waals surface area contributed by atoms with Crippen LogP contribution in [0.2, 0.25) is 0 Å². The highest BCUT2D eigenvalue weighted by Crippen LogP contribution is 2.27. The van der Waals surface area contributed by atoms with Gasteiger partial charge in [0.25, 0.3) is 0 Å². The molecule has 0 aliphatic carbocycles. The van der Waals surface area contributed by atoms with Crippen LogP contribution in [0.1, 0.15) is 24.0 Å². The van der Waals surface area contributed by atoms with Crippen LogP contribution in [0.5, 0.6) is 0 Å². The summed E-state index contributed by atoms with van der Waals surface area (Å²) in [5, 5.41) is 7.69. The number of rotatable bonds is 4. The Morgan fingerprint density at radius 3 is 2.70 bits per heavy atom. The Kier molecular flexibility index (Phi) is 4.52. The predicted octanol–water partition coefficient (Wildman–Crippen LogP) is 2.21. The van der Waals surface area contributed by atoms with E-state index in [1.54, 1.807) is 10.7 Å². The van der Waals surface area contributed by atoms with Crippen LogP contribution >= 0.6 is 0 Å². The highest BCUT2D eigenvalue weighted by atomic mass is 19.1. The fourth-order valence-electron chi connectivity index (χ4n) is 3.28. The number of para-hydroxylation sites is 1. The van der Waals surface area contributed by atoms with E-state index in [0.29, 0.717) is 11.9 Å². The average Bonchev–Trinajstić information content (AvgIpc) is 2.84. The minimum absolute atomic E-state index is 0.125. The van der Waals surface area contributed by atoms with Crippen molar-refractivity contribution in [3.05, 3.63) is 41.3 Å². The molecule has 3 N–H and O–H groups in total. The number of nitrogens with two attached hydrogens (primary N) is 1. The van der Waals surface area contributed by atoms with Gasteiger partial charge in [-0.2, -0.15) is 5.10 Å². The van der Waals surface area contributed by atoms with Crippen LogP contribution in [-0.2, 0) is 13.6 Å². The maximum Gasteiger partial charge on any atom is 0.149 e. The summed E-state index contributed by atoms with van der Waals surface area (Å²) in [5.41, 5.74) is 8.65. The largest absolute Gasteiger partial charge is 0.382 e. The van der Waals surface area contributed by atoms with Gasteiger partial charge in [0.2, 0.25) is 0 Å². The van der Waals surface area contributed by atoms with Gasteiger partial charge >= 0.3 is 0 Å². The van der Waals surface area contributed by atoms with Gasteiger partial charge in [-0.1, -0.05) is 12.1 Å². The summed E-state index contributed by atoms with van der Waals surface area (Å²) in [7, 11) is 1.87. The fraction of sp³-hybridized carbons (Fsp3) is 0.471. The van der Waals surface area contributed by atoms with E-state index in [1.807, 2.05) is 26.2 Å². The fourth-order valence-corrected chi connectivity index (χ4v) is 3.28. The summed E-state index contributed by atoms with van der Waals surface area (Å²) in [6, 6.07) is 5.70. The molecule has 0 bridgehead atoms. The molecule has 1 aromatic carbocycles. The number of hydrogen-bond acceptors (Lipinski definition) is 4. The van der Waals surface area contributed by atoms with Crippen molar-refractivity contribution in [2.24, 2.45) is 7.05 Å². The molecule has 23 heavy (non-hydrogen) atoms. The highest BCUT2D eigenvalue weighted by Gasteiger charge is 2.22. The maximum atomic E-state index is 14.1. The van der Waals surface area contributed by atoms with Gasteiger partial charge < -0.3 is 16.0 Å². The van der Waals surface area contributed by atoms with Crippen LogP contribution in [-0.4, -0.2) is 28.9 Å². The number of benzene rings is 1. The Balaban J connectivity index is 1.55. The smallest absolute Gasteiger partial charge is 0.149 e. The molecule has 0 amide bonds. The SMILES string of the molecule is Cc1cccc(F)c1N1CCC(NCc2cn(C)nc2N)CC1. The first-order chi connectivity index (χ1) is 11.0. The van der Waals surface area contributed by atoms with Crippen molar-refractivity contribution in [3.8, 4) is 0 Å². The van der Waals surface area contributed by atoms with Crippen LogP contribution in [0.25, 0.3) is 0 Å². The number of nitrogen functional groups attached to an aromatic ring is 1. The summed E-state index contributed by atoms with van der Waals surface area (Å²) in [6.07, 6.45) is 3.93. The second-order valence-corrected chi connectivity index (χ2v) is 6.26. The molecule has 1 saturated heterocycles. The highest BCUT2D eigenvalue weighted by molar-refractivity contribution is 5.54. The van der Waals surface area contributed by atoms with E-state index < -0.39 is 0 Å². The van der Waals surface area contributed by atoms with Gasteiger partial charge in [0.15, 0.2) is 0 Å². The summed E-state index contributed by atoms with van der Waals surface area (Å²) in [4.78, 5) is 2.15. The molecule has 2 aromatic rings. The molecule has 0 unspecified atom stereocenters. The van der Waals surface area contributed by atoms with Crippen molar-refractivity contribution in [2.75, 3.05) is 23.7 Å². The zero-order valence-electron chi connectivity index (χ0n) is 13.7. The number of nitrogens with one attached hydrogen (secondary N) is 1. The predicted molar refractivity (Wildman–Crippen MR) is 90.8 cm³/mol. The number of hydrogen-bond donors (Lipinski definition) is 2. The quantitative estimate of drug-likeness (QED) is 0.908. The average molecular weight is 317 g/mol. The molecule has 1 aliphatic rings. The number of aromatic nitrogens is 2. The number of anilines is 2. The molecule has 0 radical (unpaired) electrons. The first kappa shape index (κ1) is 15.8. The molecule has 2 heterocycles. The molecule has 1 aliphatic heterocycles. The van der Waals surface area contributed by atoms with Gasteiger partial charge in [-0.3, -0.25) is 4.68 Å². The second kappa shape index (κ2) is 6.58. The van der Waals surface area contributed by atoms with Crippen molar-refractivity contribution in [3.63, 3.8) is 0 Å². The normalized spacial score (nSPS) is 16.0. The van der Waals surface area contributed by atoms with E-state index >= 15 is 0 Å². The lowest BCUT2D eigenvalue weighted by atomic mass is 10.0. The van der Waals surface area contributed by atoms with Crippen LogP contribution in [0.3, 0.4) is 0 Å². The minimum atomic E-state index is -0.125. The third kappa shape index (κ3) is 3.47. The Hall–Kier alpha value is -2.08. The van der Waals surface area contributed by atoms with Crippen LogP contribution in [0.15, 0.2) is 24.4 Å². The van der Waals surface area contributed by atoms with E-state index in [4.69, 9.17) is 5.73 Å². The Labute approximate surface area is 136 Å². The van der Waals surface area contributed by atoms with E-state index in [0.717, 1.165) is 49.3 Å². The number of piperidine rings is 1. The second-order valence-electron chi connectivity index (χ2n) is 6.26. The molecule has 1 aromatic heterocycles. The lowest BCUT2D eigenvalue weighted by molar-refractivity contribution is 0.411. The van der Waals surface area contributed by atoms with Gasteiger partial charge in [-0.05, 0) is 31.4 Å². The Morgan fingerprint density at radius 1 is 1.35 bits per heavy atom. The molecular formula is C17H24FN5. The maximum absolute atomic E-state index is 14.1. The van der Waals surface area contributed by atoms with E-state index in [1.165, 1.54) is 6.07 Å². The van der Waals surface area contributed by atoms with E-state index in [-0.39, 0.29) is 5.82 Å². The van der Waals surface area contributed by atoms with Gasteiger partial charge in [0.1, 0.15) is 11.6 Å². The molecule has 0 atom stereocenters. The Morgan fingerprint density at radius 2 is 2.09 bits per heavy atom. The van der Waals surface area contributed by atoms with Crippen molar-refractivity contribution in [2.45, 2.75) is 32.4 Å². The van der Waals surface area contributed by atoms with Crippen molar-refractivity contribution in [1.82, 2.24) is 15.1 Å². The molecule has 1 fully saturated rings. The summed E-state index contributed by atoms with van der Waals surface area (Å²) >= 11 is 0. The Bertz CT molecular complexity index is 653. The first-order valence-electron chi connectivity index (χ1n) is 8.06. The molecular weight excluding hydrogens is 293 g/mol. The first-order valence-corrected chi connectivity index (χ1v) is 8.06. The van der Waals surface area contributed by atoms with Gasteiger partial charge in [0, 0.05) is 44.5 Å². The monoisotopic (exact) mass is 317 g/mol. The summed E-state index contributed by atoms with van der Waals surface area (Å²) in [5.74, 6) is 0.457. The zero-order valence-corrected chi connectivity index (χ0v) is 13.7. The van der Waals surface area contributed by atoms with Gasteiger partial charge in [-0.15, -0.1) is 0 Å². The molecule has 0 saturated carbocycles. The summed E-state index contributed by atoms with van der Waals surface area (Å²) in [6.45, 7) is 4.42. The minimum Gasteiger partial charge on any atom is -0.382 e. The summed E-state index contributed by atoms with van der Waals surface area (Å²) < 4.78 is 15.8. The van der Waals surface area contributed by atoms with Gasteiger partial charge in [0.05, 0.1) is 5.69 Å². The molecule has 5 nitrogen and oxygen atoms in total. The zero-order chi connectivity index (χ0) is 16.4. The third-order valence-corrected chi connectivity index (χ3v) is 4.52.